The maximum atomic E-state index is 12.2. The molecule has 90 valence electrons. The molecule has 0 saturated carbocycles. The zero-order valence-corrected chi connectivity index (χ0v) is 10.8. The number of hydrogen-bond acceptors (Lipinski definition) is 3. The lowest BCUT2D eigenvalue weighted by molar-refractivity contribution is 0.0984. The molecule has 0 bridgehead atoms. The zero-order chi connectivity index (χ0) is 12.5. The van der Waals surface area contributed by atoms with Crippen molar-refractivity contribution < 1.29 is 4.79 Å². The fourth-order valence-electron chi connectivity index (χ4n) is 2.08. The average molecular weight is 256 g/mol. The van der Waals surface area contributed by atoms with Crippen LogP contribution in [0.1, 0.15) is 16.1 Å². The van der Waals surface area contributed by atoms with Crippen LogP contribution in [0.25, 0.3) is 10.1 Å². The summed E-state index contributed by atoms with van der Waals surface area (Å²) in [5.74, 6) is 0.110. The number of Topliss-reactive ketones (excluding diaryl/α,β-unsaturated/α-hetero) is 1. The Labute approximate surface area is 109 Å². The van der Waals surface area contributed by atoms with Gasteiger partial charge in [0, 0.05) is 24.4 Å². The minimum absolute atomic E-state index is 0.110. The summed E-state index contributed by atoms with van der Waals surface area (Å²) in [5, 5.41) is 7.27. The van der Waals surface area contributed by atoms with Crippen LogP contribution in [0, 0.1) is 0 Å². The van der Waals surface area contributed by atoms with E-state index in [0.717, 1.165) is 5.56 Å². The molecule has 0 unspecified atom stereocenters. The van der Waals surface area contributed by atoms with E-state index < -0.39 is 0 Å². The van der Waals surface area contributed by atoms with Crippen LogP contribution in [0.5, 0.6) is 0 Å². The van der Waals surface area contributed by atoms with E-state index in [0.29, 0.717) is 12.1 Å². The summed E-state index contributed by atoms with van der Waals surface area (Å²) in [6.07, 6.45) is 2.09. The second-order valence-electron chi connectivity index (χ2n) is 4.20. The Kier molecular flexibility index (Phi) is 2.72. The van der Waals surface area contributed by atoms with Gasteiger partial charge in [0.25, 0.3) is 0 Å². The van der Waals surface area contributed by atoms with Crippen molar-refractivity contribution in [3.05, 3.63) is 53.2 Å². The van der Waals surface area contributed by atoms with E-state index in [-0.39, 0.29) is 5.78 Å². The highest BCUT2D eigenvalue weighted by molar-refractivity contribution is 7.17. The monoisotopic (exact) mass is 256 g/mol. The van der Waals surface area contributed by atoms with Gasteiger partial charge in [0.05, 0.1) is 0 Å². The molecule has 0 aliphatic heterocycles. The Bertz CT molecular complexity index is 711. The topological polar surface area (TPSA) is 34.9 Å². The van der Waals surface area contributed by atoms with Gasteiger partial charge in [-0.3, -0.25) is 9.48 Å². The summed E-state index contributed by atoms with van der Waals surface area (Å²) < 4.78 is 2.85. The molecule has 2 heterocycles. The standard InChI is InChI=1S/C14H12N2OS/c1-16-12(6-7-15-16)13(17)8-10-9-18-14-5-3-2-4-11(10)14/h2-7,9H,8H2,1H3. The quantitative estimate of drug-likeness (QED) is 0.675. The van der Waals surface area contributed by atoms with Crippen LogP contribution < -0.4 is 0 Å². The van der Waals surface area contributed by atoms with Gasteiger partial charge in [0.2, 0.25) is 0 Å². The van der Waals surface area contributed by atoms with E-state index in [2.05, 4.69) is 22.6 Å². The molecular formula is C14H12N2OS. The molecular weight excluding hydrogens is 244 g/mol. The van der Waals surface area contributed by atoms with E-state index in [4.69, 9.17) is 0 Å². The fraction of sp³-hybridized carbons (Fsp3) is 0.143. The van der Waals surface area contributed by atoms with Gasteiger partial charge >= 0.3 is 0 Å². The minimum Gasteiger partial charge on any atom is -0.292 e. The third-order valence-electron chi connectivity index (χ3n) is 3.02. The Hall–Kier alpha value is -1.94. The van der Waals surface area contributed by atoms with Gasteiger partial charge in [0.15, 0.2) is 5.78 Å². The lowest BCUT2D eigenvalue weighted by Crippen LogP contribution is -2.09. The molecule has 1 aromatic carbocycles. The second kappa shape index (κ2) is 4.38. The van der Waals surface area contributed by atoms with Crippen molar-refractivity contribution in [2.75, 3.05) is 0 Å². The molecule has 0 amide bonds. The molecule has 3 rings (SSSR count). The number of ketones is 1. The number of aromatic nitrogens is 2. The van der Waals surface area contributed by atoms with Crippen molar-refractivity contribution in [2.24, 2.45) is 7.05 Å². The van der Waals surface area contributed by atoms with Crippen LogP contribution in [0.3, 0.4) is 0 Å². The third kappa shape index (κ3) is 1.84. The minimum atomic E-state index is 0.110. The van der Waals surface area contributed by atoms with Gasteiger partial charge in [-0.1, -0.05) is 18.2 Å². The van der Waals surface area contributed by atoms with E-state index in [1.165, 1.54) is 10.1 Å². The normalized spacial score (nSPS) is 10.9. The molecule has 0 atom stereocenters. The molecule has 0 saturated heterocycles. The number of aryl methyl sites for hydroxylation is 1. The number of thiophene rings is 1. The summed E-state index contributed by atoms with van der Waals surface area (Å²) in [7, 11) is 1.79. The van der Waals surface area contributed by atoms with Gasteiger partial charge in [-0.25, -0.2) is 0 Å². The largest absolute Gasteiger partial charge is 0.292 e. The predicted octanol–water partition coefficient (Wildman–Crippen LogP) is 3.06. The zero-order valence-electron chi connectivity index (χ0n) is 9.96. The highest BCUT2D eigenvalue weighted by Gasteiger charge is 2.13. The summed E-state index contributed by atoms with van der Waals surface area (Å²) in [5.41, 5.74) is 1.76. The molecule has 3 aromatic rings. The molecule has 0 spiro atoms. The van der Waals surface area contributed by atoms with Gasteiger partial charge in [0.1, 0.15) is 5.69 Å². The molecule has 2 aromatic heterocycles. The highest BCUT2D eigenvalue weighted by Crippen LogP contribution is 2.26. The van der Waals surface area contributed by atoms with Gasteiger partial charge in [-0.05, 0) is 28.5 Å². The first-order valence-corrected chi connectivity index (χ1v) is 6.60. The van der Waals surface area contributed by atoms with Crippen LogP contribution in [-0.4, -0.2) is 15.6 Å². The Morgan fingerprint density at radius 1 is 1.33 bits per heavy atom. The Morgan fingerprint density at radius 2 is 2.17 bits per heavy atom. The smallest absolute Gasteiger partial charge is 0.185 e. The molecule has 0 N–H and O–H groups in total. The highest BCUT2D eigenvalue weighted by atomic mass is 32.1. The average Bonchev–Trinajstić information content (AvgIpc) is 2.97. The molecule has 18 heavy (non-hydrogen) atoms. The van der Waals surface area contributed by atoms with E-state index in [9.17, 15) is 4.79 Å². The first-order chi connectivity index (χ1) is 8.75. The molecule has 3 nitrogen and oxygen atoms in total. The maximum absolute atomic E-state index is 12.2. The number of carbonyl (C=O) groups is 1. The van der Waals surface area contributed by atoms with Crippen LogP contribution in [0.15, 0.2) is 41.9 Å². The van der Waals surface area contributed by atoms with E-state index in [1.54, 1.807) is 35.3 Å². The Balaban J connectivity index is 1.93. The van der Waals surface area contributed by atoms with Gasteiger partial charge in [-0.2, -0.15) is 5.10 Å². The van der Waals surface area contributed by atoms with Crippen molar-refractivity contribution in [3.8, 4) is 0 Å². The Morgan fingerprint density at radius 3 is 2.94 bits per heavy atom. The maximum Gasteiger partial charge on any atom is 0.185 e. The number of fused-ring (bicyclic) bond motifs is 1. The number of nitrogens with zero attached hydrogens (tertiary/aromatic N) is 2. The molecule has 0 aliphatic carbocycles. The molecule has 0 radical (unpaired) electrons. The molecule has 0 aliphatic rings. The van der Waals surface area contributed by atoms with Crippen molar-refractivity contribution in [3.63, 3.8) is 0 Å². The van der Waals surface area contributed by atoms with Crippen molar-refractivity contribution >= 4 is 27.2 Å². The van der Waals surface area contributed by atoms with E-state index >= 15 is 0 Å². The van der Waals surface area contributed by atoms with Crippen molar-refractivity contribution in [1.82, 2.24) is 9.78 Å². The van der Waals surface area contributed by atoms with Crippen LogP contribution in [0.2, 0.25) is 0 Å². The first kappa shape index (κ1) is 11.2. The van der Waals surface area contributed by atoms with Crippen LogP contribution >= 0.6 is 11.3 Å². The number of carbonyl (C=O) groups excluding carboxylic acids is 1. The second-order valence-corrected chi connectivity index (χ2v) is 5.11. The van der Waals surface area contributed by atoms with Crippen molar-refractivity contribution in [1.29, 1.82) is 0 Å². The van der Waals surface area contributed by atoms with Gasteiger partial charge < -0.3 is 0 Å². The lowest BCUT2D eigenvalue weighted by atomic mass is 10.1. The fourth-order valence-corrected chi connectivity index (χ4v) is 3.04. The van der Waals surface area contributed by atoms with E-state index in [1.807, 2.05) is 12.1 Å². The molecule has 0 fully saturated rings. The molecule has 4 heteroatoms. The first-order valence-electron chi connectivity index (χ1n) is 5.72. The summed E-state index contributed by atoms with van der Waals surface area (Å²) in [4.78, 5) is 12.2. The summed E-state index contributed by atoms with van der Waals surface area (Å²) in [6, 6.07) is 9.94. The predicted molar refractivity (Wildman–Crippen MR) is 73.1 cm³/mol. The summed E-state index contributed by atoms with van der Waals surface area (Å²) >= 11 is 1.68. The van der Waals surface area contributed by atoms with Gasteiger partial charge in [-0.15, -0.1) is 11.3 Å². The summed E-state index contributed by atoms with van der Waals surface area (Å²) in [6.45, 7) is 0. The number of hydrogen-bond donors (Lipinski definition) is 0. The SMILES string of the molecule is Cn1nccc1C(=O)Cc1csc2ccccc12. The number of rotatable bonds is 3. The van der Waals surface area contributed by atoms with Crippen LogP contribution in [-0.2, 0) is 13.5 Å². The lowest BCUT2D eigenvalue weighted by Gasteiger charge is -2.00. The van der Waals surface area contributed by atoms with Crippen molar-refractivity contribution in [2.45, 2.75) is 6.42 Å². The number of benzene rings is 1. The third-order valence-corrected chi connectivity index (χ3v) is 4.03. The van der Waals surface area contributed by atoms with Crippen LogP contribution in [0.4, 0.5) is 0 Å².